The molecule has 0 aromatic carbocycles. The molecule has 0 aliphatic carbocycles. The number of nitrogens with zero attached hydrogens (tertiary/aromatic N) is 4. The minimum absolute atomic E-state index is 0.207. The van der Waals surface area contributed by atoms with Crippen LogP contribution in [-0.4, -0.2) is 34.5 Å². The van der Waals surface area contributed by atoms with Gasteiger partial charge in [-0.15, -0.1) is 0 Å². The summed E-state index contributed by atoms with van der Waals surface area (Å²) < 4.78 is 0. The molecule has 0 saturated heterocycles. The first-order valence-corrected chi connectivity index (χ1v) is 8.46. The van der Waals surface area contributed by atoms with Gasteiger partial charge in [-0.25, -0.2) is 4.98 Å². The Balaban J connectivity index is 1.53. The molecule has 1 N–H and O–H groups in total. The summed E-state index contributed by atoms with van der Waals surface area (Å²) in [6.45, 7) is 1.24. The molecule has 0 spiro atoms. The average molecular weight is 347 g/mol. The molecule has 132 valence electrons. The zero-order valence-corrected chi connectivity index (χ0v) is 14.7. The summed E-state index contributed by atoms with van der Waals surface area (Å²) in [4.78, 5) is 26.8. The van der Waals surface area contributed by atoms with Crippen molar-refractivity contribution >= 4 is 11.6 Å². The van der Waals surface area contributed by atoms with Crippen molar-refractivity contribution in [3.63, 3.8) is 0 Å². The Morgan fingerprint density at radius 1 is 1.04 bits per heavy atom. The van der Waals surface area contributed by atoms with Crippen LogP contribution in [0.25, 0.3) is 0 Å². The van der Waals surface area contributed by atoms with E-state index in [2.05, 4.69) is 25.2 Å². The van der Waals surface area contributed by atoms with E-state index < -0.39 is 0 Å². The highest BCUT2D eigenvalue weighted by Crippen LogP contribution is 2.12. The molecule has 6 nitrogen and oxygen atoms in total. The minimum atomic E-state index is -0.207. The Morgan fingerprint density at radius 3 is 2.58 bits per heavy atom. The van der Waals surface area contributed by atoms with Crippen molar-refractivity contribution in [1.82, 2.24) is 20.3 Å². The third-order valence-electron chi connectivity index (χ3n) is 4.06. The number of amides is 1. The molecule has 0 aliphatic heterocycles. The summed E-state index contributed by atoms with van der Waals surface area (Å²) in [5, 5.41) is 2.83. The third-order valence-corrected chi connectivity index (χ3v) is 4.06. The quantitative estimate of drug-likeness (QED) is 0.711. The molecule has 0 radical (unpaired) electrons. The van der Waals surface area contributed by atoms with E-state index in [0.29, 0.717) is 12.2 Å². The van der Waals surface area contributed by atoms with Crippen LogP contribution in [0, 0.1) is 0 Å². The van der Waals surface area contributed by atoms with E-state index >= 15 is 0 Å². The number of hydrogen-bond acceptors (Lipinski definition) is 5. The van der Waals surface area contributed by atoms with Gasteiger partial charge in [-0.3, -0.25) is 14.8 Å². The molecule has 0 saturated carbocycles. The van der Waals surface area contributed by atoms with E-state index in [4.69, 9.17) is 0 Å². The number of aromatic nitrogens is 3. The predicted molar refractivity (Wildman–Crippen MR) is 101 cm³/mol. The van der Waals surface area contributed by atoms with E-state index in [1.54, 1.807) is 30.9 Å². The topological polar surface area (TPSA) is 71.0 Å². The van der Waals surface area contributed by atoms with Crippen molar-refractivity contribution in [3.8, 4) is 0 Å². The molecule has 3 aromatic heterocycles. The molecule has 3 rings (SSSR count). The Kier molecular flexibility index (Phi) is 5.88. The maximum Gasteiger partial charge on any atom is 0.270 e. The molecule has 0 atom stereocenters. The van der Waals surface area contributed by atoms with Crippen LogP contribution in [0.15, 0.2) is 67.3 Å². The highest BCUT2D eigenvalue weighted by atomic mass is 16.1. The van der Waals surface area contributed by atoms with E-state index in [-0.39, 0.29) is 5.91 Å². The molecule has 0 aliphatic rings. The zero-order valence-electron chi connectivity index (χ0n) is 14.7. The summed E-state index contributed by atoms with van der Waals surface area (Å²) in [7, 11) is 2.01. The van der Waals surface area contributed by atoms with Gasteiger partial charge in [0.15, 0.2) is 0 Å². The van der Waals surface area contributed by atoms with Crippen molar-refractivity contribution in [2.75, 3.05) is 18.5 Å². The Bertz CT molecular complexity index is 822. The summed E-state index contributed by atoms with van der Waals surface area (Å²) in [6, 6.07) is 13.3. The van der Waals surface area contributed by atoms with Crippen molar-refractivity contribution in [2.24, 2.45) is 0 Å². The van der Waals surface area contributed by atoms with Crippen LogP contribution in [-0.2, 0) is 13.0 Å². The lowest BCUT2D eigenvalue weighted by Gasteiger charge is -2.19. The standard InChI is InChI=1S/C20H21N5O/c1-25(13-9-16-7-11-21-12-8-16)18-5-6-19(23-15-18)20(26)24-14-17-4-2-3-10-22-17/h2-8,10-12,15H,9,13-14H2,1H3,(H,24,26). The van der Waals surface area contributed by atoms with E-state index in [0.717, 1.165) is 24.3 Å². The van der Waals surface area contributed by atoms with Gasteiger partial charge in [0, 0.05) is 32.2 Å². The normalized spacial score (nSPS) is 10.3. The van der Waals surface area contributed by atoms with Crippen molar-refractivity contribution < 1.29 is 4.79 Å². The second kappa shape index (κ2) is 8.71. The molecule has 3 heterocycles. The second-order valence-corrected chi connectivity index (χ2v) is 5.93. The molecular weight excluding hydrogens is 326 g/mol. The highest BCUT2D eigenvalue weighted by molar-refractivity contribution is 5.92. The van der Waals surface area contributed by atoms with Crippen LogP contribution in [0.1, 0.15) is 21.7 Å². The van der Waals surface area contributed by atoms with Crippen LogP contribution in [0.3, 0.4) is 0 Å². The molecular formula is C20H21N5O. The predicted octanol–water partition coefficient (Wildman–Crippen LogP) is 2.48. The number of nitrogens with one attached hydrogen (secondary N) is 1. The number of hydrogen-bond donors (Lipinski definition) is 1. The van der Waals surface area contributed by atoms with Crippen molar-refractivity contribution in [1.29, 1.82) is 0 Å². The molecule has 0 fully saturated rings. The number of carbonyl (C=O) groups excluding carboxylic acids is 1. The van der Waals surface area contributed by atoms with Crippen molar-refractivity contribution in [2.45, 2.75) is 13.0 Å². The minimum Gasteiger partial charge on any atom is -0.373 e. The van der Waals surface area contributed by atoms with Gasteiger partial charge in [-0.1, -0.05) is 6.07 Å². The summed E-state index contributed by atoms with van der Waals surface area (Å²) in [5.41, 5.74) is 3.42. The maximum atomic E-state index is 12.2. The van der Waals surface area contributed by atoms with E-state index in [1.165, 1.54) is 5.56 Å². The fraction of sp³-hybridized carbons (Fsp3) is 0.200. The van der Waals surface area contributed by atoms with Crippen LogP contribution in [0.2, 0.25) is 0 Å². The van der Waals surface area contributed by atoms with Gasteiger partial charge in [0.25, 0.3) is 5.91 Å². The van der Waals surface area contributed by atoms with Gasteiger partial charge in [0.05, 0.1) is 24.1 Å². The van der Waals surface area contributed by atoms with Gasteiger partial charge in [0.2, 0.25) is 0 Å². The monoisotopic (exact) mass is 347 g/mol. The maximum absolute atomic E-state index is 12.2. The summed E-state index contributed by atoms with van der Waals surface area (Å²) in [6.07, 6.45) is 7.95. The van der Waals surface area contributed by atoms with Crippen LogP contribution < -0.4 is 10.2 Å². The first kappa shape index (κ1) is 17.5. The Morgan fingerprint density at radius 2 is 1.88 bits per heavy atom. The number of anilines is 1. The summed E-state index contributed by atoms with van der Waals surface area (Å²) in [5.74, 6) is -0.207. The van der Waals surface area contributed by atoms with Gasteiger partial charge >= 0.3 is 0 Å². The lowest BCUT2D eigenvalue weighted by Crippen LogP contribution is -2.25. The molecule has 6 heteroatoms. The smallest absolute Gasteiger partial charge is 0.270 e. The molecule has 1 amide bonds. The average Bonchev–Trinajstić information content (AvgIpc) is 2.72. The third kappa shape index (κ3) is 4.86. The zero-order chi connectivity index (χ0) is 18.2. The van der Waals surface area contributed by atoms with Crippen LogP contribution in [0.5, 0.6) is 0 Å². The van der Waals surface area contributed by atoms with E-state index in [9.17, 15) is 4.79 Å². The van der Waals surface area contributed by atoms with Gasteiger partial charge in [-0.05, 0) is 48.4 Å². The highest BCUT2D eigenvalue weighted by Gasteiger charge is 2.08. The lowest BCUT2D eigenvalue weighted by atomic mass is 10.2. The first-order chi connectivity index (χ1) is 12.7. The van der Waals surface area contributed by atoms with Gasteiger partial charge in [0.1, 0.15) is 5.69 Å². The van der Waals surface area contributed by atoms with E-state index in [1.807, 2.05) is 43.4 Å². The number of rotatable bonds is 7. The van der Waals surface area contributed by atoms with Gasteiger partial charge < -0.3 is 10.2 Å². The fourth-order valence-corrected chi connectivity index (χ4v) is 2.49. The summed E-state index contributed by atoms with van der Waals surface area (Å²) >= 11 is 0. The van der Waals surface area contributed by atoms with Crippen molar-refractivity contribution in [3.05, 3.63) is 84.2 Å². The Labute approximate surface area is 153 Å². The number of carbonyl (C=O) groups is 1. The molecule has 0 unspecified atom stereocenters. The second-order valence-electron chi connectivity index (χ2n) is 5.93. The SMILES string of the molecule is CN(CCc1ccncc1)c1ccc(C(=O)NCc2ccccn2)nc1. The van der Waals surface area contributed by atoms with Gasteiger partial charge in [-0.2, -0.15) is 0 Å². The molecule has 3 aromatic rings. The fourth-order valence-electron chi connectivity index (χ4n) is 2.49. The number of likely N-dealkylation sites (N-methyl/N-ethyl adjacent to an activating group) is 1. The van der Waals surface area contributed by atoms with Crippen LogP contribution in [0.4, 0.5) is 5.69 Å². The lowest BCUT2D eigenvalue weighted by molar-refractivity contribution is 0.0945. The first-order valence-electron chi connectivity index (χ1n) is 8.46. The Hall–Kier alpha value is -3.28. The van der Waals surface area contributed by atoms with Crippen LogP contribution >= 0.6 is 0 Å². The molecule has 0 bridgehead atoms. The largest absolute Gasteiger partial charge is 0.373 e. The molecule has 26 heavy (non-hydrogen) atoms. The number of pyridine rings is 3.